The molecule has 1 aromatic rings. The molecular formula is C13H17ClO4. The monoisotopic (exact) mass is 272 g/mol. The van der Waals surface area contributed by atoms with E-state index in [9.17, 15) is 9.90 Å². The first-order valence-corrected chi connectivity index (χ1v) is 6.15. The average Bonchev–Trinajstić information content (AvgIpc) is 2.36. The Morgan fingerprint density at radius 2 is 2.11 bits per heavy atom. The van der Waals surface area contributed by atoms with Crippen molar-refractivity contribution < 1.29 is 19.4 Å². The number of benzene rings is 1. The molecule has 0 saturated carbocycles. The number of rotatable bonds is 7. The van der Waals surface area contributed by atoms with Gasteiger partial charge in [0.15, 0.2) is 4.87 Å². The highest BCUT2D eigenvalue weighted by Gasteiger charge is 2.39. The molecular weight excluding hydrogens is 256 g/mol. The van der Waals surface area contributed by atoms with Gasteiger partial charge in [0.25, 0.3) is 0 Å². The van der Waals surface area contributed by atoms with Crippen LogP contribution in [0.5, 0.6) is 5.75 Å². The Morgan fingerprint density at radius 3 is 2.67 bits per heavy atom. The van der Waals surface area contributed by atoms with E-state index in [1.54, 1.807) is 31.2 Å². The second-order valence-corrected chi connectivity index (χ2v) is 4.35. The number of carboxylic acid groups (broad SMARTS) is 1. The van der Waals surface area contributed by atoms with Crippen LogP contribution in [0.2, 0.25) is 0 Å². The van der Waals surface area contributed by atoms with Crippen LogP contribution in [0, 0.1) is 0 Å². The molecule has 1 N–H and O–H groups in total. The van der Waals surface area contributed by atoms with E-state index in [4.69, 9.17) is 21.1 Å². The fraction of sp³-hybridized carbons (Fsp3) is 0.462. The first-order valence-electron chi connectivity index (χ1n) is 5.78. The molecule has 5 heteroatoms. The van der Waals surface area contributed by atoms with E-state index in [2.05, 4.69) is 0 Å². The SMILES string of the molecule is CCOCC(Cl)(C(=O)O)c1cccc(OCC)c1. The predicted octanol–water partition coefficient (Wildman–Crippen LogP) is 2.64. The summed E-state index contributed by atoms with van der Waals surface area (Å²) in [4.78, 5) is 9.76. The number of ether oxygens (including phenoxy) is 2. The molecule has 0 heterocycles. The highest BCUT2D eigenvalue weighted by atomic mass is 35.5. The lowest BCUT2D eigenvalue weighted by Gasteiger charge is -2.23. The van der Waals surface area contributed by atoms with Crippen molar-refractivity contribution >= 4 is 17.6 Å². The Kier molecular flexibility index (Phi) is 5.44. The molecule has 0 aliphatic carbocycles. The van der Waals surface area contributed by atoms with Crippen molar-refractivity contribution in [3.8, 4) is 5.75 Å². The van der Waals surface area contributed by atoms with E-state index >= 15 is 0 Å². The Balaban J connectivity index is 3.05. The highest BCUT2D eigenvalue weighted by Crippen LogP contribution is 2.32. The van der Waals surface area contributed by atoms with E-state index < -0.39 is 10.8 Å². The van der Waals surface area contributed by atoms with Crippen LogP contribution in [0.3, 0.4) is 0 Å². The Hall–Kier alpha value is -1.26. The Labute approximate surface area is 111 Å². The zero-order chi connectivity index (χ0) is 13.6. The van der Waals surface area contributed by atoms with E-state index in [0.717, 1.165) is 0 Å². The van der Waals surface area contributed by atoms with Crippen molar-refractivity contribution in [3.05, 3.63) is 29.8 Å². The first-order chi connectivity index (χ1) is 8.54. The second kappa shape index (κ2) is 6.61. The van der Waals surface area contributed by atoms with Crippen molar-refractivity contribution in [1.82, 2.24) is 0 Å². The molecule has 0 aliphatic rings. The molecule has 1 unspecified atom stereocenters. The zero-order valence-corrected chi connectivity index (χ0v) is 11.2. The largest absolute Gasteiger partial charge is 0.494 e. The summed E-state index contributed by atoms with van der Waals surface area (Å²) >= 11 is 6.17. The van der Waals surface area contributed by atoms with E-state index in [1.807, 2.05) is 6.92 Å². The summed E-state index contributed by atoms with van der Waals surface area (Å²) in [5.74, 6) is -0.538. The molecule has 1 atom stereocenters. The maximum absolute atomic E-state index is 11.3. The van der Waals surface area contributed by atoms with Gasteiger partial charge in [0.1, 0.15) is 5.75 Å². The van der Waals surface area contributed by atoms with E-state index in [-0.39, 0.29) is 6.61 Å². The van der Waals surface area contributed by atoms with Crippen LogP contribution in [-0.2, 0) is 14.4 Å². The van der Waals surface area contributed by atoms with Gasteiger partial charge in [0.05, 0.1) is 13.2 Å². The average molecular weight is 273 g/mol. The minimum atomic E-state index is -1.58. The Morgan fingerprint density at radius 1 is 1.39 bits per heavy atom. The normalized spacial score (nSPS) is 13.9. The first kappa shape index (κ1) is 14.8. The molecule has 0 amide bonds. The lowest BCUT2D eigenvalue weighted by molar-refractivity contribution is -0.142. The number of carboxylic acids is 1. The summed E-state index contributed by atoms with van der Waals surface area (Å²) in [6, 6.07) is 6.76. The molecule has 4 nitrogen and oxygen atoms in total. The van der Waals surface area contributed by atoms with Crippen LogP contribution in [0.4, 0.5) is 0 Å². The summed E-state index contributed by atoms with van der Waals surface area (Å²) in [5, 5.41) is 9.28. The van der Waals surface area contributed by atoms with Crippen molar-refractivity contribution in [2.24, 2.45) is 0 Å². The van der Waals surface area contributed by atoms with Gasteiger partial charge in [-0.05, 0) is 31.5 Å². The van der Waals surface area contributed by atoms with Crippen molar-refractivity contribution in [2.45, 2.75) is 18.7 Å². The summed E-state index contributed by atoms with van der Waals surface area (Å²) in [6.45, 7) is 4.48. The van der Waals surface area contributed by atoms with E-state index in [0.29, 0.717) is 24.5 Å². The van der Waals surface area contributed by atoms with Crippen LogP contribution >= 0.6 is 11.6 Å². The van der Waals surface area contributed by atoms with Gasteiger partial charge >= 0.3 is 5.97 Å². The van der Waals surface area contributed by atoms with Crippen molar-refractivity contribution in [1.29, 1.82) is 0 Å². The molecule has 0 fully saturated rings. The third-order valence-electron chi connectivity index (χ3n) is 2.45. The summed E-state index contributed by atoms with van der Waals surface area (Å²) < 4.78 is 10.5. The van der Waals surface area contributed by atoms with Gasteiger partial charge in [0.2, 0.25) is 0 Å². The van der Waals surface area contributed by atoms with Gasteiger partial charge in [0, 0.05) is 6.61 Å². The summed E-state index contributed by atoms with van der Waals surface area (Å²) in [6.07, 6.45) is 0. The van der Waals surface area contributed by atoms with Gasteiger partial charge in [-0.1, -0.05) is 23.7 Å². The number of alkyl halides is 1. The van der Waals surface area contributed by atoms with Crippen LogP contribution < -0.4 is 4.74 Å². The molecule has 0 bridgehead atoms. The summed E-state index contributed by atoms with van der Waals surface area (Å²) in [5.41, 5.74) is 0.455. The number of hydrogen-bond donors (Lipinski definition) is 1. The lowest BCUT2D eigenvalue weighted by atomic mass is 9.99. The van der Waals surface area contributed by atoms with Crippen molar-refractivity contribution in [3.63, 3.8) is 0 Å². The van der Waals surface area contributed by atoms with Gasteiger partial charge in [-0.3, -0.25) is 0 Å². The minimum absolute atomic E-state index is 0.0873. The van der Waals surface area contributed by atoms with Crippen molar-refractivity contribution in [2.75, 3.05) is 19.8 Å². The standard InChI is InChI=1S/C13H17ClO4/c1-3-17-9-13(14,12(15)16)10-6-5-7-11(8-10)18-4-2/h5-8H,3-4,9H2,1-2H3,(H,15,16). The summed E-state index contributed by atoms with van der Waals surface area (Å²) in [7, 11) is 0. The van der Waals surface area contributed by atoms with Gasteiger partial charge in [-0.2, -0.15) is 0 Å². The smallest absolute Gasteiger partial charge is 0.331 e. The zero-order valence-electron chi connectivity index (χ0n) is 10.5. The number of halogens is 1. The quantitative estimate of drug-likeness (QED) is 0.776. The molecule has 1 rings (SSSR count). The van der Waals surface area contributed by atoms with Gasteiger partial charge in [-0.15, -0.1) is 0 Å². The maximum Gasteiger partial charge on any atom is 0.331 e. The molecule has 0 spiro atoms. The number of hydrogen-bond acceptors (Lipinski definition) is 3. The fourth-order valence-electron chi connectivity index (χ4n) is 1.51. The molecule has 0 radical (unpaired) electrons. The third-order valence-corrected chi connectivity index (χ3v) is 2.94. The number of aliphatic carboxylic acids is 1. The van der Waals surface area contributed by atoms with Crippen LogP contribution in [-0.4, -0.2) is 30.9 Å². The molecule has 0 saturated heterocycles. The van der Waals surface area contributed by atoms with Crippen LogP contribution in [0.15, 0.2) is 24.3 Å². The molecule has 100 valence electrons. The van der Waals surface area contributed by atoms with Gasteiger partial charge in [-0.25, -0.2) is 4.79 Å². The molecule has 1 aromatic carbocycles. The minimum Gasteiger partial charge on any atom is -0.494 e. The van der Waals surface area contributed by atoms with Crippen LogP contribution in [0.1, 0.15) is 19.4 Å². The van der Waals surface area contributed by atoms with Crippen LogP contribution in [0.25, 0.3) is 0 Å². The topological polar surface area (TPSA) is 55.8 Å². The fourth-order valence-corrected chi connectivity index (χ4v) is 1.70. The third kappa shape index (κ3) is 3.37. The predicted molar refractivity (Wildman–Crippen MR) is 69.3 cm³/mol. The maximum atomic E-state index is 11.3. The second-order valence-electron chi connectivity index (χ2n) is 3.70. The molecule has 0 aliphatic heterocycles. The van der Waals surface area contributed by atoms with E-state index in [1.165, 1.54) is 0 Å². The molecule has 18 heavy (non-hydrogen) atoms. The Bertz CT molecular complexity index is 408. The number of carbonyl (C=O) groups is 1. The molecule has 0 aromatic heterocycles. The van der Waals surface area contributed by atoms with Gasteiger partial charge < -0.3 is 14.6 Å². The lowest BCUT2D eigenvalue weighted by Crippen LogP contribution is -2.34. The highest BCUT2D eigenvalue weighted by molar-refractivity contribution is 6.33.